The average molecular weight is 501 g/mol. The Balaban J connectivity index is 1.48. The summed E-state index contributed by atoms with van der Waals surface area (Å²) in [6.07, 6.45) is 2.53. The van der Waals surface area contributed by atoms with Crippen LogP contribution in [0.5, 0.6) is 6.01 Å². The molecule has 0 radical (unpaired) electrons. The Morgan fingerprint density at radius 1 is 0.972 bits per heavy atom. The van der Waals surface area contributed by atoms with Crippen molar-refractivity contribution < 1.29 is 23.1 Å². The molecule has 2 saturated heterocycles. The first-order valence-corrected chi connectivity index (χ1v) is 12.0. The number of piperidine rings is 1. The minimum absolute atomic E-state index is 0.203. The third-order valence-corrected chi connectivity index (χ3v) is 7.09. The van der Waals surface area contributed by atoms with E-state index < -0.39 is 17.8 Å². The Morgan fingerprint density at radius 3 is 2.17 bits per heavy atom. The van der Waals surface area contributed by atoms with Crippen LogP contribution in [-0.2, 0) is 13.2 Å². The quantitative estimate of drug-likeness (QED) is 0.584. The van der Waals surface area contributed by atoms with Crippen LogP contribution in [0, 0.1) is 0 Å². The van der Waals surface area contributed by atoms with Gasteiger partial charge in [0.15, 0.2) is 0 Å². The molecule has 8 nitrogen and oxygen atoms in total. The summed E-state index contributed by atoms with van der Waals surface area (Å²) in [6, 6.07) is 4.76. The van der Waals surface area contributed by atoms with Gasteiger partial charge in [0.2, 0.25) is 0 Å². The molecule has 0 unspecified atom stereocenters. The molecule has 2 aromatic heterocycles. The minimum atomic E-state index is -4.45. The van der Waals surface area contributed by atoms with Crippen molar-refractivity contribution in [3.63, 3.8) is 0 Å². The largest absolute Gasteiger partial charge is 0.479 e. The van der Waals surface area contributed by atoms with Gasteiger partial charge in [-0.25, -0.2) is 15.0 Å². The number of imidazole rings is 1. The van der Waals surface area contributed by atoms with E-state index in [2.05, 4.69) is 19.9 Å². The van der Waals surface area contributed by atoms with Crippen molar-refractivity contribution in [1.82, 2.24) is 29.3 Å². The number of carbonyl (C=O) groups excluding carboxylic acids is 1. The van der Waals surface area contributed by atoms with Crippen LogP contribution in [0.4, 0.5) is 13.2 Å². The second-order valence-electron chi connectivity index (χ2n) is 9.30. The van der Waals surface area contributed by atoms with Gasteiger partial charge in [-0.2, -0.15) is 13.2 Å². The highest BCUT2D eigenvalue weighted by Gasteiger charge is 2.33. The highest BCUT2D eigenvalue weighted by molar-refractivity contribution is 5.99. The molecule has 0 atom stereocenters. The molecule has 190 valence electrons. The summed E-state index contributed by atoms with van der Waals surface area (Å²) in [5, 5.41) is 9.51. The lowest BCUT2D eigenvalue weighted by atomic mass is 10.0. The number of nitrogens with zero attached hydrogens (tertiary/aromatic N) is 6. The predicted octanol–water partition coefficient (Wildman–Crippen LogP) is 3.97. The summed E-state index contributed by atoms with van der Waals surface area (Å²) >= 11 is 0. The maximum absolute atomic E-state index is 13.8. The Morgan fingerprint density at radius 2 is 1.58 bits per heavy atom. The second kappa shape index (κ2) is 9.53. The second-order valence-corrected chi connectivity index (χ2v) is 9.30. The number of carbonyl (C=O) groups is 1. The molecule has 11 heteroatoms. The standard InChI is InChI=1S/C25H27F3N6O2/c1-32-21(23(35)34-12-8-19(9-13-34)33-10-2-3-11-33)20(17-14-29-24(36)30-15-17)31-22(32)16-4-6-18(7-5-16)25(26,27)28/h4-7,14-15,19H,2-3,8-13H2,1H3,(H,29,30,36). The molecule has 0 bridgehead atoms. The average Bonchev–Trinajstić information content (AvgIpc) is 3.52. The molecular weight excluding hydrogens is 473 g/mol. The molecule has 0 aliphatic carbocycles. The molecule has 0 saturated carbocycles. The highest BCUT2D eigenvalue weighted by Crippen LogP contribution is 2.33. The van der Waals surface area contributed by atoms with Gasteiger partial charge in [0.25, 0.3) is 5.91 Å². The van der Waals surface area contributed by atoms with Crippen LogP contribution in [0.3, 0.4) is 0 Å². The number of amides is 1. The summed E-state index contributed by atoms with van der Waals surface area (Å²) in [7, 11) is 1.68. The van der Waals surface area contributed by atoms with Crippen LogP contribution >= 0.6 is 0 Å². The summed E-state index contributed by atoms with van der Waals surface area (Å²) in [6.45, 7) is 3.46. The van der Waals surface area contributed by atoms with Crippen LogP contribution < -0.4 is 0 Å². The topological polar surface area (TPSA) is 87.4 Å². The monoisotopic (exact) mass is 500 g/mol. The zero-order valence-corrected chi connectivity index (χ0v) is 19.9. The molecule has 1 amide bonds. The zero-order chi connectivity index (χ0) is 25.4. The Labute approximate surface area is 206 Å². The van der Waals surface area contributed by atoms with Gasteiger partial charge >= 0.3 is 12.2 Å². The SMILES string of the molecule is Cn1c(-c2ccc(C(F)(F)F)cc2)nc(-c2cnc(O)nc2)c1C(=O)N1CCC(N2CCCC2)CC1. The number of aromatic nitrogens is 4. The third kappa shape index (κ3) is 4.67. The molecular formula is C25H27F3N6O2. The van der Waals surface area contributed by atoms with Crippen LogP contribution in [-0.4, -0.2) is 72.6 Å². The first kappa shape index (κ1) is 24.2. The lowest BCUT2D eigenvalue weighted by Crippen LogP contribution is -2.46. The van der Waals surface area contributed by atoms with Gasteiger partial charge in [0.1, 0.15) is 17.2 Å². The highest BCUT2D eigenvalue weighted by atomic mass is 19.4. The lowest BCUT2D eigenvalue weighted by Gasteiger charge is -2.36. The molecule has 36 heavy (non-hydrogen) atoms. The van der Waals surface area contributed by atoms with E-state index in [4.69, 9.17) is 0 Å². The number of halogens is 3. The number of hydrogen-bond acceptors (Lipinski definition) is 6. The first-order valence-electron chi connectivity index (χ1n) is 12.0. The number of aromatic hydroxyl groups is 1. The molecule has 2 fully saturated rings. The van der Waals surface area contributed by atoms with E-state index in [0.717, 1.165) is 38.1 Å². The summed E-state index contributed by atoms with van der Waals surface area (Å²) < 4.78 is 40.8. The zero-order valence-electron chi connectivity index (χ0n) is 19.9. The van der Waals surface area contributed by atoms with Gasteiger partial charge in [-0.15, -0.1) is 0 Å². The number of alkyl halides is 3. The Hall–Kier alpha value is -3.47. The number of rotatable bonds is 4. The van der Waals surface area contributed by atoms with E-state index >= 15 is 0 Å². The van der Waals surface area contributed by atoms with Gasteiger partial charge in [0, 0.05) is 49.7 Å². The lowest BCUT2D eigenvalue weighted by molar-refractivity contribution is -0.137. The molecule has 1 aromatic carbocycles. The van der Waals surface area contributed by atoms with Gasteiger partial charge in [0.05, 0.1) is 5.56 Å². The maximum atomic E-state index is 13.8. The van der Waals surface area contributed by atoms with Gasteiger partial charge < -0.3 is 19.5 Å². The first-order chi connectivity index (χ1) is 17.2. The molecule has 3 aromatic rings. The summed E-state index contributed by atoms with van der Waals surface area (Å²) in [4.78, 5) is 30.3. The van der Waals surface area contributed by atoms with Gasteiger partial charge in [-0.1, -0.05) is 12.1 Å². The fourth-order valence-corrected chi connectivity index (χ4v) is 5.15. The van der Waals surface area contributed by atoms with Crippen LogP contribution in [0.1, 0.15) is 41.7 Å². The van der Waals surface area contributed by atoms with Crippen LogP contribution in [0.25, 0.3) is 22.6 Å². The van der Waals surface area contributed by atoms with Crippen molar-refractivity contribution in [3.8, 4) is 28.7 Å². The van der Waals surface area contributed by atoms with Crippen LogP contribution in [0.15, 0.2) is 36.7 Å². The van der Waals surface area contributed by atoms with Crippen molar-refractivity contribution >= 4 is 5.91 Å². The molecule has 2 aliphatic heterocycles. The van der Waals surface area contributed by atoms with E-state index in [1.165, 1.54) is 37.4 Å². The molecule has 2 aliphatic rings. The summed E-state index contributed by atoms with van der Waals surface area (Å²) in [5.41, 5.74) is 0.734. The Bertz CT molecular complexity index is 1230. The summed E-state index contributed by atoms with van der Waals surface area (Å²) in [5.74, 6) is 0.146. The van der Waals surface area contributed by atoms with Crippen molar-refractivity contribution in [1.29, 1.82) is 0 Å². The number of benzene rings is 1. The van der Waals surface area contributed by atoms with E-state index in [-0.39, 0.29) is 5.91 Å². The van der Waals surface area contributed by atoms with Crippen molar-refractivity contribution in [3.05, 3.63) is 47.9 Å². The fourth-order valence-electron chi connectivity index (χ4n) is 5.15. The van der Waals surface area contributed by atoms with Crippen molar-refractivity contribution in [2.24, 2.45) is 7.05 Å². The predicted molar refractivity (Wildman–Crippen MR) is 126 cm³/mol. The third-order valence-electron chi connectivity index (χ3n) is 7.09. The fraction of sp³-hybridized carbons (Fsp3) is 0.440. The van der Waals surface area contributed by atoms with Crippen molar-refractivity contribution in [2.75, 3.05) is 26.2 Å². The Kier molecular flexibility index (Phi) is 6.42. The molecule has 1 N–H and O–H groups in total. The van der Waals surface area contributed by atoms with Crippen LogP contribution in [0.2, 0.25) is 0 Å². The van der Waals surface area contributed by atoms with Gasteiger partial charge in [-0.3, -0.25) is 4.79 Å². The van der Waals surface area contributed by atoms with E-state index in [1.54, 1.807) is 11.6 Å². The molecule has 5 rings (SSSR count). The number of likely N-dealkylation sites (tertiary alicyclic amines) is 2. The van der Waals surface area contributed by atoms with E-state index in [0.29, 0.717) is 47.5 Å². The van der Waals surface area contributed by atoms with E-state index in [9.17, 15) is 23.1 Å². The molecule has 0 spiro atoms. The maximum Gasteiger partial charge on any atom is 0.416 e. The van der Waals surface area contributed by atoms with Gasteiger partial charge in [-0.05, 0) is 50.9 Å². The smallest absolute Gasteiger partial charge is 0.416 e. The minimum Gasteiger partial charge on any atom is -0.479 e. The van der Waals surface area contributed by atoms with E-state index in [1.807, 2.05) is 4.90 Å². The molecule has 4 heterocycles. The van der Waals surface area contributed by atoms with Crippen molar-refractivity contribution in [2.45, 2.75) is 37.9 Å². The number of hydrogen-bond donors (Lipinski definition) is 1. The normalized spacial score (nSPS) is 17.6.